The molecule has 2 heterocycles. The molecule has 1 aromatic heterocycles. The van der Waals surface area contributed by atoms with E-state index in [4.69, 9.17) is 5.26 Å². The zero-order chi connectivity index (χ0) is 10.3. The summed E-state index contributed by atoms with van der Waals surface area (Å²) >= 11 is 0. The van der Waals surface area contributed by atoms with E-state index in [1.807, 2.05) is 18.2 Å². The number of pyridine rings is 1. The van der Waals surface area contributed by atoms with Crippen LogP contribution in [0.4, 0.5) is 11.4 Å². The van der Waals surface area contributed by atoms with Gasteiger partial charge in [0.05, 0.1) is 29.1 Å². The summed E-state index contributed by atoms with van der Waals surface area (Å²) in [5, 5.41) is 16.2. The van der Waals surface area contributed by atoms with Crippen LogP contribution in [-0.2, 0) is 0 Å². The summed E-state index contributed by atoms with van der Waals surface area (Å²) in [6.45, 7) is 0.747. The van der Waals surface area contributed by atoms with E-state index in [9.17, 15) is 0 Å². The van der Waals surface area contributed by atoms with Crippen LogP contribution in [0.25, 0.3) is 10.9 Å². The van der Waals surface area contributed by atoms with E-state index in [2.05, 4.69) is 21.7 Å². The molecule has 15 heavy (non-hydrogen) atoms. The van der Waals surface area contributed by atoms with Gasteiger partial charge in [-0.1, -0.05) is 0 Å². The molecule has 0 saturated carbocycles. The van der Waals surface area contributed by atoms with Crippen molar-refractivity contribution in [1.29, 1.82) is 5.26 Å². The molecule has 0 atom stereocenters. The fourth-order valence-electron chi connectivity index (χ4n) is 1.76. The fraction of sp³-hybridized carbons (Fsp3) is 0.0909. The third kappa shape index (κ3) is 1.17. The zero-order valence-electron chi connectivity index (χ0n) is 7.91. The second-order valence-electron chi connectivity index (χ2n) is 3.46. The lowest BCUT2D eigenvalue weighted by Gasteiger charge is -2.02. The number of hydrogen-bond donors (Lipinski definition) is 2. The second-order valence-corrected chi connectivity index (χ2v) is 3.46. The molecule has 0 aliphatic carbocycles. The van der Waals surface area contributed by atoms with E-state index in [-0.39, 0.29) is 0 Å². The van der Waals surface area contributed by atoms with Crippen LogP contribution in [0.2, 0.25) is 0 Å². The van der Waals surface area contributed by atoms with Gasteiger partial charge in [0.15, 0.2) is 0 Å². The van der Waals surface area contributed by atoms with E-state index in [1.165, 1.54) is 0 Å². The van der Waals surface area contributed by atoms with Gasteiger partial charge >= 0.3 is 0 Å². The van der Waals surface area contributed by atoms with Gasteiger partial charge in [-0.2, -0.15) is 5.26 Å². The van der Waals surface area contributed by atoms with Crippen LogP contribution in [0.5, 0.6) is 0 Å². The van der Waals surface area contributed by atoms with Gasteiger partial charge in [0.1, 0.15) is 6.07 Å². The Morgan fingerprint density at radius 2 is 2.00 bits per heavy atom. The number of rotatable bonds is 0. The first kappa shape index (κ1) is 8.06. The van der Waals surface area contributed by atoms with Crippen LogP contribution < -0.4 is 10.6 Å². The molecule has 0 bridgehead atoms. The summed E-state index contributed by atoms with van der Waals surface area (Å²) in [5.74, 6) is 0. The topological polar surface area (TPSA) is 60.7 Å². The van der Waals surface area contributed by atoms with Crippen molar-refractivity contribution in [2.75, 3.05) is 17.3 Å². The van der Waals surface area contributed by atoms with Crippen molar-refractivity contribution in [1.82, 2.24) is 4.98 Å². The molecule has 3 rings (SSSR count). The van der Waals surface area contributed by atoms with Gasteiger partial charge in [-0.25, -0.2) is 0 Å². The molecule has 0 fully saturated rings. The highest BCUT2D eigenvalue weighted by Crippen LogP contribution is 2.30. The summed E-state index contributed by atoms with van der Waals surface area (Å²) in [7, 11) is 0. The van der Waals surface area contributed by atoms with E-state index in [0.29, 0.717) is 5.56 Å². The van der Waals surface area contributed by atoms with Crippen molar-refractivity contribution >= 4 is 22.3 Å². The first-order chi connectivity index (χ1) is 7.36. The summed E-state index contributed by atoms with van der Waals surface area (Å²) < 4.78 is 0. The van der Waals surface area contributed by atoms with Crippen molar-refractivity contribution in [2.24, 2.45) is 0 Å². The van der Waals surface area contributed by atoms with Gasteiger partial charge < -0.3 is 10.6 Å². The maximum atomic E-state index is 8.77. The lowest BCUT2D eigenvalue weighted by atomic mass is 10.1. The Labute approximate surface area is 86.5 Å². The monoisotopic (exact) mass is 196 g/mol. The first-order valence-electron chi connectivity index (χ1n) is 4.68. The van der Waals surface area contributed by atoms with Crippen LogP contribution in [0, 0.1) is 11.3 Å². The Morgan fingerprint density at radius 3 is 2.80 bits per heavy atom. The van der Waals surface area contributed by atoms with Gasteiger partial charge in [-0.15, -0.1) is 0 Å². The number of nitrogens with zero attached hydrogens (tertiary/aromatic N) is 2. The van der Waals surface area contributed by atoms with E-state index >= 15 is 0 Å². The standard InChI is InChI=1S/C11H8N4/c12-4-7-1-8-2-10-11(15-6-14-10)3-9(8)13-5-7/h1-3,5,14-15H,6H2. The highest BCUT2D eigenvalue weighted by atomic mass is 15.1. The first-order valence-corrected chi connectivity index (χ1v) is 4.68. The largest absolute Gasteiger partial charge is 0.366 e. The van der Waals surface area contributed by atoms with E-state index < -0.39 is 0 Å². The quantitative estimate of drug-likeness (QED) is 0.675. The van der Waals surface area contributed by atoms with Crippen molar-refractivity contribution < 1.29 is 0 Å². The number of aromatic nitrogens is 1. The molecule has 2 N–H and O–H groups in total. The minimum atomic E-state index is 0.591. The number of benzene rings is 1. The van der Waals surface area contributed by atoms with E-state index in [0.717, 1.165) is 28.9 Å². The third-order valence-electron chi connectivity index (χ3n) is 2.51. The van der Waals surface area contributed by atoms with Crippen LogP contribution in [0.3, 0.4) is 0 Å². The molecule has 0 spiro atoms. The van der Waals surface area contributed by atoms with Gasteiger partial charge in [-0.05, 0) is 18.2 Å². The highest BCUT2D eigenvalue weighted by molar-refractivity contribution is 5.91. The minimum Gasteiger partial charge on any atom is -0.366 e. The molecule has 4 nitrogen and oxygen atoms in total. The van der Waals surface area contributed by atoms with Gasteiger partial charge in [-0.3, -0.25) is 4.98 Å². The normalized spacial score (nSPS) is 12.7. The Kier molecular flexibility index (Phi) is 1.53. The highest BCUT2D eigenvalue weighted by Gasteiger charge is 2.10. The predicted octanol–water partition coefficient (Wildman–Crippen LogP) is 1.90. The zero-order valence-corrected chi connectivity index (χ0v) is 7.91. The molecular weight excluding hydrogens is 188 g/mol. The van der Waals surface area contributed by atoms with Crippen molar-refractivity contribution in [3.05, 3.63) is 30.0 Å². The molecule has 1 aliphatic heterocycles. The Bertz CT molecular complexity index is 583. The molecule has 72 valence electrons. The van der Waals surface area contributed by atoms with Gasteiger partial charge in [0.25, 0.3) is 0 Å². The SMILES string of the molecule is N#Cc1cnc2cc3c(cc2c1)NCN3. The summed E-state index contributed by atoms with van der Waals surface area (Å²) in [6.07, 6.45) is 1.59. The molecule has 1 aromatic carbocycles. The van der Waals surface area contributed by atoms with Crippen LogP contribution in [-0.4, -0.2) is 11.7 Å². The Balaban J connectivity index is 2.30. The van der Waals surface area contributed by atoms with Crippen LogP contribution in [0.1, 0.15) is 5.56 Å². The van der Waals surface area contributed by atoms with Gasteiger partial charge in [0.2, 0.25) is 0 Å². The number of anilines is 2. The number of hydrogen-bond acceptors (Lipinski definition) is 4. The van der Waals surface area contributed by atoms with Crippen LogP contribution in [0.15, 0.2) is 24.4 Å². The summed E-state index contributed by atoms with van der Waals surface area (Å²) in [6, 6.07) is 7.94. The van der Waals surface area contributed by atoms with E-state index in [1.54, 1.807) is 6.20 Å². The van der Waals surface area contributed by atoms with Crippen molar-refractivity contribution in [3.8, 4) is 6.07 Å². The summed E-state index contributed by atoms with van der Waals surface area (Å²) in [5.41, 5.74) is 3.64. The summed E-state index contributed by atoms with van der Waals surface area (Å²) in [4.78, 5) is 4.24. The molecule has 4 heteroatoms. The average Bonchev–Trinajstić information content (AvgIpc) is 2.72. The third-order valence-corrected chi connectivity index (χ3v) is 2.51. The average molecular weight is 196 g/mol. The van der Waals surface area contributed by atoms with Crippen molar-refractivity contribution in [3.63, 3.8) is 0 Å². The smallest absolute Gasteiger partial charge is 0.101 e. The Hall–Kier alpha value is -2.28. The predicted molar refractivity (Wildman–Crippen MR) is 58.6 cm³/mol. The molecule has 0 amide bonds. The number of nitrogens with one attached hydrogen (secondary N) is 2. The maximum absolute atomic E-state index is 8.77. The lowest BCUT2D eigenvalue weighted by molar-refractivity contribution is 1.31. The number of fused-ring (bicyclic) bond motifs is 2. The molecule has 2 aromatic rings. The lowest BCUT2D eigenvalue weighted by Crippen LogP contribution is -1.98. The molecule has 0 unspecified atom stereocenters. The molecule has 1 aliphatic rings. The van der Waals surface area contributed by atoms with Crippen LogP contribution >= 0.6 is 0 Å². The second kappa shape index (κ2) is 2.85. The minimum absolute atomic E-state index is 0.591. The molecular formula is C11H8N4. The Morgan fingerprint density at radius 1 is 1.20 bits per heavy atom. The maximum Gasteiger partial charge on any atom is 0.101 e. The number of nitriles is 1. The molecule has 0 saturated heterocycles. The van der Waals surface area contributed by atoms with Gasteiger partial charge in [0, 0.05) is 11.6 Å². The van der Waals surface area contributed by atoms with Crippen molar-refractivity contribution in [2.45, 2.75) is 0 Å². The fourth-order valence-corrected chi connectivity index (χ4v) is 1.76. The molecule has 0 radical (unpaired) electrons.